The van der Waals surface area contributed by atoms with Gasteiger partial charge in [0.15, 0.2) is 0 Å². The molecule has 94 valence electrons. The molecule has 0 N–H and O–H groups in total. The number of allylic oxidation sites excluding steroid dienone is 1. The molecule has 1 aromatic carbocycles. The molecule has 0 spiro atoms. The zero-order valence-electron chi connectivity index (χ0n) is 9.74. The lowest BCUT2D eigenvalue weighted by atomic mass is 10.1. The van der Waals surface area contributed by atoms with Crippen LogP contribution in [0.1, 0.15) is 18.9 Å². The minimum Gasteiger partial charge on any atom is -0.461 e. The van der Waals surface area contributed by atoms with Gasteiger partial charge in [0, 0.05) is 16.5 Å². The predicted octanol–water partition coefficient (Wildman–Crippen LogP) is 3.23. The van der Waals surface area contributed by atoms with E-state index in [9.17, 15) is 9.18 Å². The van der Waals surface area contributed by atoms with Gasteiger partial charge in [-0.25, -0.2) is 14.2 Å². The topological polar surface area (TPSA) is 38.7 Å². The molecule has 0 amide bonds. The van der Waals surface area contributed by atoms with Crippen LogP contribution in [0.15, 0.2) is 39.4 Å². The maximum atomic E-state index is 13.7. The standard InChI is InChI=1S/C13H11BrFNO2/c1-2-18-13(17)12-6-5-11(16-12)9-4-3-8(14)7-10(9)15/h3-4,6-7H,2,5H2,1H3. The molecule has 1 aliphatic heterocycles. The number of benzene rings is 1. The van der Waals surface area contributed by atoms with E-state index in [-0.39, 0.29) is 11.5 Å². The number of ether oxygens (including phenoxy) is 1. The van der Waals surface area contributed by atoms with Gasteiger partial charge in [0.25, 0.3) is 0 Å². The second kappa shape index (κ2) is 5.44. The summed E-state index contributed by atoms with van der Waals surface area (Å²) in [5.74, 6) is -0.827. The third kappa shape index (κ3) is 2.67. The minimum atomic E-state index is -0.468. The lowest BCUT2D eigenvalue weighted by Crippen LogP contribution is -2.05. The highest BCUT2D eigenvalue weighted by atomic mass is 79.9. The Kier molecular flexibility index (Phi) is 3.91. The third-order valence-corrected chi connectivity index (χ3v) is 2.96. The molecule has 0 saturated carbocycles. The van der Waals surface area contributed by atoms with E-state index in [1.807, 2.05) is 0 Å². The fourth-order valence-electron chi connectivity index (χ4n) is 1.66. The summed E-state index contributed by atoms with van der Waals surface area (Å²) < 4.78 is 19.2. The minimum absolute atomic E-state index is 0.245. The second-order valence-corrected chi connectivity index (χ2v) is 4.61. The molecule has 5 heteroatoms. The van der Waals surface area contributed by atoms with Gasteiger partial charge in [-0.3, -0.25) is 0 Å². The number of hydrogen-bond acceptors (Lipinski definition) is 3. The molecule has 0 bridgehead atoms. The van der Waals surface area contributed by atoms with Crippen molar-refractivity contribution in [3.63, 3.8) is 0 Å². The Balaban J connectivity index is 2.22. The van der Waals surface area contributed by atoms with Crippen LogP contribution in [0.25, 0.3) is 0 Å². The Morgan fingerprint density at radius 1 is 1.56 bits per heavy atom. The van der Waals surface area contributed by atoms with E-state index >= 15 is 0 Å². The number of carbonyl (C=O) groups is 1. The van der Waals surface area contributed by atoms with Crippen LogP contribution >= 0.6 is 15.9 Å². The monoisotopic (exact) mass is 311 g/mol. The van der Waals surface area contributed by atoms with Gasteiger partial charge in [-0.1, -0.05) is 15.9 Å². The number of carbonyl (C=O) groups excluding carboxylic acids is 1. The first-order valence-corrected chi connectivity index (χ1v) is 6.31. The molecule has 0 fully saturated rings. The van der Waals surface area contributed by atoms with Crippen LogP contribution in [-0.2, 0) is 9.53 Å². The Morgan fingerprint density at radius 2 is 2.33 bits per heavy atom. The summed E-state index contributed by atoms with van der Waals surface area (Å²) >= 11 is 3.19. The first kappa shape index (κ1) is 13.0. The summed E-state index contributed by atoms with van der Waals surface area (Å²) in [7, 11) is 0. The number of esters is 1. The van der Waals surface area contributed by atoms with Gasteiger partial charge in [-0.05, 0) is 31.2 Å². The van der Waals surface area contributed by atoms with E-state index in [2.05, 4.69) is 20.9 Å². The third-order valence-electron chi connectivity index (χ3n) is 2.47. The average Bonchev–Trinajstić information content (AvgIpc) is 2.78. The van der Waals surface area contributed by atoms with Crippen molar-refractivity contribution in [1.82, 2.24) is 0 Å². The first-order chi connectivity index (χ1) is 8.61. The van der Waals surface area contributed by atoms with E-state index in [1.165, 1.54) is 6.07 Å². The molecule has 0 atom stereocenters. The van der Waals surface area contributed by atoms with Gasteiger partial charge >= 0.3 is 5.97 Å². The van der Waals surface area contributed by atoms with Crippen molar-refractivity contribution in [2.75, 3.05) is 6.61 Å². The lowest BCUT2D eigenvalue weighted by molar-refractivity contribution is -0.138. The Morgan fingerprint density at radius 3 is 3.00 bits per heavy atom. The molecular formula is C13H11BrFNO2. The van der Waals surface area contributed by atoms with Crippen molar-refractivity contribution >= 4 is 27.6 Å². The molecule has 0 unspecified atom stereocenters. The summed E-state index contributed by atoms with van der Waals surface area (Å²) in [6.07, 6.45) is 2.08. The summed E-state index contributed by atoms with van der Waals surface area (Å²) in [6.45, 7) is 2.03. The van der Waals surface area contributed by atoms with Gasteiger partial charge in [0.2, 0.25) is 0 Å². The van der Waals surface area contributed by atoms with Crippen LogP contribution in [0, 0.1) is 5.82 Å². The number of halogens is 2. The molecule has 1 aliphatic rings. The zero-order chi connectivity index (χ0) is 13.1. The van der Waals surface area contributed by atoms with Crippen molar-refractivity contribution in [3.8, 4) is 0 Å². The van der Waals surface area contributed by atoms with Crippen LogP contribution in [0.2, 0.25) is 0 Å². The van der Waals surface area contributed by atoms with Crippen LogP contribution in [0.3, 0.4) is 0 Å². The molecule has 18 heavy (non-hydrogen) atoms. The maximum Gasteiger partial charge on any atom is 0.356 e. The van der Waals surface area contributed by atoms with Crippen LogP contribution in [0.4, 0.5) is 4.39 Å². The Bertz CT molecular complexity index is 552. The van der Waals surface area contributed by atoms with E-state index in [4.69, 9.17) is 4.74 Å². The van der Waals surface area contributed by atoms with Gasteiger partial charge in [-0.15, -0.1) is 0 Å². The predicted molar refractivity (Wildman–Crippen MR) is 70.0 cm³/mol. The average molecular weight is 312 g/mol. The molecule has 0 aromatic heterocycles. The highest BCUT2D eigenvalue weighted by Gasteiger charge is 2.19. The molecule has 1 heterocycles. The SMILES string of the molecule is CCOC(=O)C1=CCC(c2ccc(Br)cc2F)=N1. The zero-order valence-corrected chi connectivity index (χ0v) is 11.3. The van der Waals surface area contributed by atoms with E-state index in [1.54, 1.807) is 25.1 Å². The fraction of sp³-hybridized carbons (Fsp3) is 0.231. The van der Waals surface area contributed by atoms with Crippen molar-refractivity contribution in [3.05, 3.63) is 45.8 Å². The molecule has 1 aromatic rings. The molecule has 0 radical (unpaired) electrons. The maximum absolute atomic E-state index is 13.7. The van der Waals surface area contributed by atoms with Crippen molar-refractivity contribution in [2.24, 2.45) is 4.99 Å². The quantitative estimate of drug-likeness (QED) is 0.804. The number of nitrogens with zero attached hydrogens (tertiary/aromatic N) is 1. The highest BCUT2D eigenvalue weighted by molar-refractivity contribution is 9.10. The largest absolute Gasteiger partial charge is 0.461 e. The summed E-state index contributed by atoms with van der Waals surface area (Å²) in [6, 6.07) is 4.75. The Labute approximate surface area is 112 Å². The Hall–Kier alpha value is -1.49. The first-order valence-electron chi connectivity index (χ1n) is 5.52. The molecule has 2 rings (SSSR count). The summed E-state index contributed by atoms with van der Waals surface area (Å²) in [5, 5.41) is 0. The van der Waals surface area contributed by atoms with Crippen molar-refractivity contribution in [1.29, 1.82) is 0 Å². The molecular weight excluding hydrogens is 301 g/mol. The molecule has 3 nitrogen and oxygen atoms in total. The van der Waals surface area contributed by atoms with Crippen molar-refractivity contribution in [2.45, 2.75) is 13.3 Å². The molecule has 0 saturated heterocycles. The fourth-order valence-corrected chi connectivity index (χ4v) is 1.99. The lowest BCUT2D eigenvalue weighted by Gasteiger charge is -2.03. The van der Waals surface area contributed by atoms with Gasteiger partial charge < -0.3 is 4.74 Å². The van der Waals surface area contributed by atoms with Gasteiger partial charge in [-0.2, -0.15) is 0 Å². The smallest absolute Gasteiger partial charge is 0.356 e. The van der Waals surface area contributed by atoms with E-state index < -0.39 is 5.97 Å². The molecule has 0 aliphatic carbocycles. The number of aliphatic imine (C=N–C) groups is 1. The number of rotatable bonds is 3. The summed E-state index contributed by atoms with van der Waals surface area (Å²) in [5.41, 5.74) is 1.20. The van der Waals surface area contributed by atoms with Crippen LogP contribution in [0.5, 0.6) is 0 Å². The number of hydrogen-bond donors (Lipinski definition) is 0. The second-order valence-electron chi connectivity index (χ2n) is 3.70. The highest BCUT2D eigenvalue weighted by Crippen LogP contribution is 2.22. The van der Waals surface area contributed by atoms with Gasteiger partial charge in [0.1, 0.15) is 11.5 Å². The van der Waals surface area contributed by atoms with Crippen LogP contribution < -0.4 is 0 Å². The van der Waals surface area contributed by atoms with Crippen molar-refractivity contribution < 1.29 is 13.9 Å². The summed E-state index contributed by atoms with van der Waals surface area (Å²) in [4.78, 5) is 15.6. The van der Waals surface area contributed by atoms with Crippen LogP contribution in [-0.4, -0.2) is 18.3 Å². The normalized spacial score (nSPS) is 14.2. The van der Waals surface area contributed by atoms with Gasteiger partial charge in [0.05, 0.1) is 12.3 Å². The van der Waals surface area contributed by atoms with E-state index in [0.717, 1.165) is 0 Å². The van der Waals surface area contributed by atoms with E-state index in [0.29, 0.717) is 28.8 Å².